The number of carbonyl (C=O) groups is 2. The molecule has 0 aromatic carbocycles. The van der Waals surface area contributed by atoms with Crippen molar-refractivity contribution in [3.63, 3.8) is 0 Å². The van der Waals surface area contributed by atoms with Gasteiger partial charge >= 0.3 is 5.97 Å². The second-order valence-electron chi connectivity index (χ2n) is 7.02. The third-order valence-electron chi connectivity index (χ3n) is 4.81. The van der Waals surface area contributed by atoms with E-state index < -0.39 is 24.3 Å². The summed E-state index contributed by atoms with van der Waals surface area (Å²) >= 11 is 0. The van der Waals surface area contributed by atoms with E-state index >= 15 is 0 Å². The Bertz CT molecular complexity index is 499. The third-order valence-corrected chi connectivity index (χ3v) is 4.81. The van der Waals surface area contributed by atoms with E-state index in [-0.39, 0.29) is 43.3 Å². The normalized spacial score (nSPS) is 27.4. The smallest absolute Gasteiger partial charge is 0.303 e. The second-order valence-corrected chi connectivity index (χ2v) is 7.02. The van der Waals surface area contributed by atoms with E-state index in [2.05, 4.69) is 0 Å². The van der Waals surface area contributed by atoms with Gasteiger partial charge in [-0.25, -0.2) is 0 Å². The minimum atomic E-state index is -0.871. The molecule has 6 nitrogen and oxygen atoms in total. The highest BCUT2D eigenvalue weighted by atomic mass is 16.4. The number of aliphatic carboxylic acids is 1. The maximum absolute atomic E-state index is 12.1. The summed E-state index contributed by atoms with van der Waals surface area (Å²) in [6, 6.07) is 0. The molecule has 1 saturated carbocycles. The van der Waals surface area contributed by atoms with Gasteiger partial charge in [-0.05, 0) is 25.7 Å². The van der Waals surface area contributed by atoms with E-state index in [9.17, 15) is 24.9 Å². The maximum atomic E-state index is 12.1. The van der Waals surface area contributed by atoms with Gasteiger partial charge in [0.2, 0.25) is 0 Å². The quantitative estimate of drug-likeness (QED) is 0.310. The molecule has 1 aliphatic rings. The molecule has 1 rings (SSSR count). The zero-order valence-corrected chi connectivity index (χ0v) is 15.5. The molecule has 4 N–H and O–H groups in total. The molecule has 0 bridgehead atoms. The number of hydrogen-bond donors (Lipinski definition) is 4. The second kappa shape index (κ2) is 12.0. The van der Waals surface area contributed by atoms with Crippen molar-refractivity contribution < 1.29 is 30.0 Å². The van der Waals surface area contributed by atoms with Crippen LogP contribution in [-0.4, -0.2) is 50.5 Å². The lowest BCUT2D eigenvalue weighted by atomic mass is 9.87. The molecule has 0 aromatic rings. The fourth-order valence-corrected chi connectivity index (χ4v) is 3.37. The number of ketones is 1. The largest absolute Gasteiger partial charge is 0.481 e. The van der Waals surface area contributed by atoms with E-state index in [4.69, 9.17) is 5.11 Å². The van der Waals surface area contributed by atoms with Crippen LogP contribution in [0.2, 0.25) is 0 Å². The van der Waals surface area contributed by atoms with Crippen LogP contribution in [0, 0.1) is 11.8 Å². The first-order valence-electron chi connectivity index (χ1n) is 9.46. The first-order chi connectivity index (χ1) is 12.3. The lowest BCUT2D eigenvalue weighted by Gasteiger charge is -2.20. The van der Waals surface area contributed by atoms with Crippen molar-refractivity contribution in [1.82, 2.24) is 0 Å². The highest BCUT2D eigenvalue weighted by Gasteiger charge is 2.41. The lowest BCUT2D eigenvalue weighted by Crippen LogP contribution is -2.24. The molecule has 0 unspecified atom stereocenters. The Hall–Kier alpha value is -1.50. The van der Waals surface area contributed by atoms with Crippen LogP contribution in [0.25, 0.3) is 0 Å². The van der Waals surface area contributed by atoms with E-state index in [0.717, 1.165) is 6.42 Å². The van der Waals surface area contributed by atoms with Crippen LogP contribution >= 0.6 is 0 Å². The SMILES string of the molecule is CC/C=C/C[C@H](O)/C=C/[C@@H]1[C@@H](CC(=O)CCCCC(=O)O)[C@@H](O)C[C@H]1O. The predicted octanol–water partition coefficient (Wildman–Crippen LogP) is 2.22. The Morgan fingerprint density at radius 3 is 2.46 bits per heavy atom. The lowest BCUT2D eigenvalue weighted by molar-refractivity contribution is -0.137. The summed E-state index contributed by atoms with van der Waals surface area (Å²) < 4.78 is 0. The average Bonchev–Trinajstić information content (AvgIpc) is 2.83. The van der Waals surface area contributed by atoms with Crippen molar-refractivity contribution in [1.29, 1.82) is 0 Å². The molecule has 0 amide bonds. The van der Waals surface area contributed by atoms with Crippen LogP contribution in [0.4, 0.5) is 0 Å². The summed E-state index contributed by atoms with van der Waals surface area (Å²) in [6.45, 7) is 2.01. The van der Waals surface area contributed by atoms with Gasteiger partial charge in [-0.3, -0.25) is 9.59 Å². The topological polar surface area (TPSA) is 115 Å². The summed E-state index contributed by atoms with van der Waals surface area (Å²) in [7, 11) is 0. The van der Waals surface area contributed by atoms with E-state index in [1.807, 2.05) is 19.1 Å². The maximum Gasteiger partial charge on any atom is 0.303 e. The molecular formula is C20H32O6. The van der Waals surface area contributed by atoms with Gasteiger partial charge in [0.05, 0.1) is 18.3 Å². The van der Waals surface area contributed by atoms with E-state index in [0.29, 0.717) is 19.3 Å². The number of aliphatic hydroxyl groups excluding tert-OH is 3. The monoisotopic (exact) mass is 368 g/mol. The third kappa shape index (κ3) is 8.25. The van der Waals surface area contributed by atoms with E-state index in [1.165, 1.54) is 0 Å². The number of unbranched alkanes of at least 4 members (excludes halogenated alkanes) is 1. The highest BCUT2D eigenvalue weighted by molar-refractivity contribution is 5.78. The average molecular weight is 368 g/mol. The summed E-state index contributed by atoms with van der Waals surface area (Å²) in [5.41, 5.74) is 0. The van der Waals surface area contributed by atoms with Crippen molar-refractivity contribution in [2.75, 3.05) is 0 Å². The number of carboxylic acids is 1. The molecule has 5 atom stereocenters. The molecule has 0 radical (unpaired) electrons. The van der Waals surface area contributed by atoms with Crippen LogP contribution in [0.3, 0.4) is 0 Å². The first-order valence-corrected chi connectivity index (χ1v) is 9.46. The van der Waals surface area contributed by atoms with Gasteiger partial charge in [-0.1, -0.05) is 31.2 Å². The number of aliphatic hydroxyl groups is 3. The number of rotatable bonds is 12. The Kier molecular flexibility index (Phi) is 10.4. The molecule has 0 heterocycles. The minimum absolute atomic E-state index is 0.0293. The van der Waals surface area contributed by atoms with Gasteiger partial charge in [0, 0.05) is 37.5 Å². The predicted molar refractivity (Wildman–Crippen MR) is 98.5 cm³/mol. The molecule has 1 aliphatic carbocycles. The molecule has 0 aliphatic heterocycles. The van der Waals surface area contributed by atoms with E-state index in [1.54, 1.807) is 12.2 Å². The van der Waals surface area contributed by atoms with Crippen molar-refractivity contribution in [2.45, 2.75) is 76.6 Å². The number of carboxylic acid groups (broad SMARTS) is 1. The highest BCUT2D eigenvalue weighted by Crippen LogP contribution is 2.36. The van der Waals surface area contributed by atoms with Crippen LogP contribution in [0.1, 0.15) is 58.3 Å². The molecule has 0 saturated heterocycles. The number of hydrogen-bond acceptors (Lipinski definition) is 5. The van der Waals surface area contributed by atoms with Gasteiger partial charge in [0.1, 0.15) is 5.78 Å². The molecular weight excluding hydrogens is 336 g/mol. The Morgan fingerprint density at radius 2 is 1.81 bits per heavy atom. The van der Waals surface area contributed by atoms with Crippen LogP contribution < -0.4 is 0 Å². The van der Waals surface area contributed by atoms with Crippen LogP contribution in [-0.2, 0) is 9.59 Å². The Balaban J connectivity index is 2.54. The summed E-state index contributed by atoms with van der Waals surface area (Å²) in [4.78, 5) is 22.6. The molecule has 0 aromatic heterocycles. The number of Topliss-reactive ketones (excluding diaryl/α,β-unsaturated/α-hetero) is 1. The molecule has 6 heteroatoms. The summed E-state index contributed by atoms with van der Waals surface area (Å²) in [5.74, 6) is -1.63. The van der Waals surface area contributed by atoms with Crippen molar-refractivity contribution in [2.24, 2.45) is 11.8 Å². The molecule has 26 heavy (non-hydrogen) atoms. The number of carbonyl (C=O) groups excluding carboxylic acids is 1. The number of allylic oxidation sites excluding steroid dienone is 1. The van der Waals surface area contributed by atoms with Crippen LogP contribution in [0.15, 0.2) is 24.3 Å². The van der Waals surface area contributed by atoms with Gasteiger partial charge in [-0.2, -0.15) is 0 Å². The Morgan fingerprint density at radius 1 is 1.12 bits per heavy atom. The molecule has 1 fully saturated rings. The van der Waals surface area contributed by atoms with Gasteiger partial charge in [0.15, 0.2) is 0 Å². The minimum Gasteiger partial charge on any atom is -0.481 e. The molecule has 0 spiro atoms. The van der Waals surface area contributed by atoms with Gasteiger partial charge in [-0.15, -0.1) is 0 Å². The van der Waals surface area contributed by atoms with Crippen LogP contribution in [0.5, 0.6) is 0 Å². The fraction of sp³-hybridized carbons (Fsp3) is 0.700. The zero-order valence-electron chi connectivity index (χ0n) is 15.5. The Labute approximate surface area is 155 Å². The standard InChI is InChI=1S/C20H32O6/c1-2-3-4-7-14(21)10-11-16-17(19(24)13-18(16)23)12-15(22)8-5-6-9-20(25)26/h3-4,10-11,14,16-19,21,23-24H,2,5-9,12-13H2,1H3,(H,25,26)/b4-3+,11-10+/t14-,16+,17+,18+,19-/m0/s1. The summed E-state index contributed by atoms with van der Waals surface area (Å²) in [6.07, 6.45) is 8.14. The van der Waals surface area contributed by atoms with Gasteiger partial charge in [0.25, 0.3) is 0 Å². The first kappa shape index (κ1) is 22.5. The van der Waals surface area contributed by atoms with Crippen molar-refractivity contribution >= 4 is 11.8 Å². The zero-order chi connectivity index (χ0) is 19.5. The fourth-order valence-electron chi connectivity index (χ4n) is 3.37. The van der Waals surface area contributed by atoms with Gasteiger partial charge < -0.3 is 20.4 Å². The van der Waals surface area contributed by atoms with Crippen molar-refractivity contribution in [3.05, 3.63) is 24.3 Å². The molecule has 148 valence electrons. The van der Waals surface area contributed by atoms with Crippen molar-refractivity contribution in [3.8, 4) is 0 Å². The summed E-state index contributed by atoms with van der Waals surface area (Å²) in [5, 5.41) is 38.9.